The van der Waals surface area contributed by atoms with Crippen molar-refractivity contribution in [3.05, 3.63) is 0 Å². The highest BCUT2D eigenvalue weighted by atomic mass is 32.2. The summed E-state index contributed by atoms with van der Waals surface area (Å²) in [4.78, 5) is 11.7. The molecule has 0 bridgehead atoms. The van der Waals surface area contributed by atoms with Crippen LogP contribution >= 0.6 is 11.8 Å². The standard InChI is InChI=1S/C10H20N2OS/c1-4-8(7(2)3)12-10(13)9-5-14-6-11-9/h7-9,11H,4-6H2,1-3H3,(H,12,13). The van der Waals surface area contributed by atoms with Gasteiger partial charge in [-0.1, -0.05) is 20.8 Å². The van der Waals surface area contributed by atoms with Crippen molar-refractivity contribution in [1.82, 2.24) is 10.6 Å². The van der Waals surface area contributed by atoms with Crippen LogP contribution in [-0.2, 0) is 4.79 Å². The Morgan fingerprint density at radius 3 is 2.79 bits per heavy atom. The van der Waals surface area contributed by atoms with Gasteiger partial charge in [0.25, 0.3) is 0 Å². The van der Waals surface area contributed by atoms with E-state index in [1.807, 2.05) is 0 Å². The third kappa shape index (κ3) is 3.17. The van der Waals surface area contributed by atoms with Crippen molar-refractivity contribution in [2.24, 2.45) is 5.92 Å². The number of rotatable bonds is 4. The van der Waals surface area contributed by atoms with E-state index in [2.05, 4.69) is 31.4 Å². The molecule has 0 aromatic heterocycles. The molecule has 2 atom stereocenters. The SMILES string of the molecule is CCC(NC(=O)C1CSCN1)C(C)C. The molecule has 0 aromatic carbocycles. The van der Waals surface area contributed by atoms with E-state index in [9.17, 15) is 4.79 Å². The molecule has 0 spiro atoms. The highest BCUT2D eigenvalue weighted by Gasteiger charge is 2.24. The number of thioether (sulfide) groups is 1. The molecule has 2 unspecified atom stereocenters. The van der Waals surface area contributed by atoms with Crippen molar-refractivity contribution >= 4 is 17.7 Å². The third-order valence-electron chi connectivity index (χ3n) is 2.61. The van der Waals surface area contributed by atoms with Gasteiger partial charge in [-0.15, -0.1) is 11.8 Å². The molecular weight excluding hydrogens is 196 g/mol. The summed E-state index contributed by atoms with van der Waals surface area (Å²) in [5.74, 6) is 2.48. The quantitative estimate of drug-likeness (QED) is 0.742. The Labute approximate surface area is 90.4 Å². The fourth-order valence-corrected chi connectivity index (χ4v) is 2.53. The van der Waals surface area contributed by atoms with Crippen molar-refractivity contribution in [3.63, 3.8) is 0 Å². The lowest BCUT2D eigenvalue weighted by Gasteiger charge is -2.22. The van der Waals surface area contributed by atoms with Crippen LogP contribution < -0.4 is 10.6 Å². The molecule has 14 heavy (non-hydrogen) atoms. The first-order chi connectivity index (χ1) is 6.65. The molecule has 1 fully saturated rings. The van der Waals surface area contributed by atoms with Crippen LogP contribution in [0.15, 0.2) is 0 Å². The fraction of sp³-hybridized carbons (Fsp3) is 0.900. The van der Waals surface area contributed by atoms with E-state index in [0.717, 1.165) is 18.1 Å². The molecule has 0 aliphatic carbocycles. The van der Waals surface area contributed by atoms with Crippen LogP contribution in [0.25, 0.3) is 0 Å². The van der Waals surface area contributed by atoms with Gasteiger partial charge in [0.05, 0.1) is 6.04 Å². The monoisotopic (exact) mass is 216 g/mol. The Balaban J connectivity index is 2.37. The summed E-state index contributed by atoms with van der Waals surface area (Å²) < 4.78 is 0. The first-order valence-corrected chi connectivity index (χ1v) is 6.42. The molecule has 1 aliphatic heterocycles. The summed E-state index contributed by atoms with van der Waals surface area (Å²) in [6, 6.07) is 0.336. The van der Waals surface area contributed by atoms with Gasteiger partial charge >= 0.3 is 0 Å². The Hall–Kier alpha value is -0.220. The van der Waals surface area contributed by atoms with Gasteiger partial charge in [-0.3, -0.25) is 10.1 Å². The highest BCUT2D eigenvalue weighted by molar-refractivity contribution is 7.99. The fourth-order valence-electron chi connectivity index (χ4n) is 1.59. The van der Waals surface area contributed by atoms with Crippen molar-refractivity contribution in [1.29, 1.82) is 0 Å². The van der Waals surface area contributed by atoms with E-state index < -0.39 is 0 Å². The average Bonchev–Trinajstić information content (AvgIpc) is 2.65. The second kappa shape index (κ2) is 5.61. The zero-order valence-electron chi connectivity index (χ0n) is 9.17. The van der Waals surface area contributed by atoms with Crippen molar-refractivity contribution < 1.29 is 4.79 Å². The van der Waals surface area contributed by atoms with Gasteiger partial charge in [0, 0.05) is 17.7 Å². The maximum atomic E-state index is 11.7. The molecule has 1 saturated heterocycles. The van der Waals surface area contributed by atoms with E-state index in [4.69, 9.17) is 0 Å². The number of carbonyl (C=O) groups excluding carboxylic acids is 1. The van der Waals surface area contributed by atoms with E-state index >= 15 is 0 Å². The predicted molar refractivity (Wildman–Crippen MR) is 61.3 cm³/mol. The molecule has 2 N–H and O–H groups in total. The number of amides is 1. The molecule has 1 amide bonds. The van der Waals surface area contributed by atoms with E-state index in [-0.39, 0.29) is 11.9 Å². The lowest BCUT2D eigenvalue weighted by atomic mass is 10.0. The van der Waals surface area contributed by atoms with Gasteiger partial charge in [-0.2, -0.15) is 0 Å². The van der Waals surface area contributed by atoms with Crippen LogP contribution in [0.4, 0.5) is 0 Å². The van der Waals surface area contributed by atoms with Gasteiger partial charge in [0.15, 0.2) is 0 Å². The topological polar surface area (TPSA) is 41.1 Å². The summed E-state index contributed by atoms with van der Waals surface area (Å²) in [6.45, 7) is 6.40. The summed E-state index contributed by atoms with van der Waals surface area (Å²) in [6.07, 6.45) is 1.00. The normalized spacial score (nSPS) is 23.9. The number of hydrogen-bond donors (Lipinski definition) is 2. The minimum absolute atomic E-state index is 0.0211. The molecule has 3 nitrogen and oxygen atoms in total. The zero-order chi connectivity index (χ0) is 10.6. The average molecular weight is 216 g/mol. The maximum absolute atomic E-state index is 11.7. The molecule has 0 radical (unpaired) electrons. The third-order valence-corrected chi connectivity index (χ3v) is 3.54. The van der Waals surface area contributed by atoms with Crippen LogP contribution in [0.1, 0.15) is 27.2 Å². The van der Waals surface area contributed by atoms with Crippen LogP contribution in [0, 0.1) is 5.92 Å². The Kier molecular flexibility index (Phi) is 4.75. The summed E-state index contributed by atoms with van der Waals surface area (Å²) in [5, 5.41) is 6.27. The predicted octanol–water partition coefficient (Wildman–Crippen LogP) is 1.20. The van der Waals surface area contributed by atoms with Crippen LogP contribution in [0.3, 0.4) is 0 Å². The van der Waals surface area contributed by atoms with Crippen LogP contribution in [-0.4, -0.2) is 29.6 Å². The van der Waals surface area contributed by atoms with Crippen molar-refractivity contribution in [3.8, 4) is 0 Å². The number of carbonyl (C=O) groups is 1. The lowest BCUT2D eigenvalue weighted by molar-refractivity contribution is -0.123. The Morgan fingerprint density at radius 2 is 2.36 bits per heavy atom. The second-order valence-electron chi connectivity index (χ2n) is 4.04. The molecule has 1 rings (SSSR count). The van der Waals surface area contributed by atoms with Gasteiger partial charge in [-0.25, -0.2) is 0 Å². The molecule has 1 aliphatic rings. The van der Waals surface area contributed by atoms with Crippen LogP contribution in [0.2, 0.25) is 0 Å². The number of hydrogen-bond acceptors (Lipinski definition) is 3. The van der Waals surface area contributed by atoms with Crippen molar-refractivity contribution in [2.45, 2.75) is 39.3 Å². The zero-order valence-corrected chi connectivity index (χ0v) is 9.99. The van der Waals surface area contributed by atoms with Gasteiger partial charge < -0.3 is 5.32 Å². The van der Waals surface area contributed by atoms with E-state index in [1.165, 1.54) is 0 Å². The maximum Gasteiger partial charge on any atom is 0.238 e. The van der Waals surface area contributed by atoms with Crippen molar-refractivity contribution in [2.75, 3.05) is 11.6 Å². The van der Waals surface area contributed by atoms with Crippen LogP contribution in [0.5, 0.6) is 0 Å². The van der Waals surface area contributed by atoms with E-state index in [1.54, 1.807) is 11.8 Å². The first-order valence-electron chi connectivity index (χ1n) is 5.26. The molecular formula is C10H20N2OS. The number of nitrogens with one attached hydrogen (secondary N) is 2. The lowest BCUT2D eigenvalue weighted by Crippen LogP contribution is -2.47. The smallest absolute Gasteiger partial charge is 0.238 e. The minimum Gasteiger partial charge on any atom is -0.352 e. The summed E-state index contributed by atoms with van der Waals surface area (Å²) in [7, 11) is 0. The molecule has 82 valence electrons. The second-order valence-corrected chi connectivity index (χ2v) is 5.07. The highest BCUT2D eigenvalue weighted by Crippen LogP contribution is 2.11. The summed E-state index contributed by atoms with van der Waals surface area (Å²) in [5.41, 5.74) is 0. The Morgan fingerprint density at radius 1 is 1.64 bits per heavy atom. The summed E-state index contributed by atoms with van der Waals surface area (Å²) >= 11 is 1.78. The molecule has 1 heterocycles. The molecule has 0 saturated carbocycles. The largest absolute Gasteiger partial charge is 0.352 e. The first kappa shape index (κ1) is 11.9. The van der Waals surface area contributed by atoms with Gasteiger partial charge in [-0.05, 0) is 12.3 Å². The van der Waals surface area contributed by atoms with Gasteiger partial charge in [0.2, 0.25) is 5.91 Å². The van der Waals surface area contributed by atoms with E-state index in [0.29, 0.717) is 12.0 Å². The van der Waals surface area contributed by atoms with Gasteiger partial charge in [0.1, 0.15) is 0 Å². The molecule has 0 aromatic rings. The molecule has 4 heteroatoms. The minimum atomic E-state index is 0.0211. The Bertz CT molecular complexity index is 191.